The number of carbonyl (C=O) groups excluding carboxylic acids is 2. The van der Waals surface area contributed by atoms with Crippen LogP contribution >= 0.6 is 0 Å². The highest BCUT2D eigenvalue weighted by atomic mass is 19.1. The van der Waals surface area contributed by atoms with Crippen LogP contribution in [-0.4, -0.2) is 31.5 Å². The minimum absolute atomic E-state index is 0.0418. The van der Waals surface area contributed by atoms with Crippen molar-refractivity contribution in [1.29, 1.82) is 0 Å². The van der Waals surface area contributed by atoms with Gasteiger partial charge in [0.05, 0.1) is 18.2 Å². The van der Waals surface area contributed by atoms with Gasteiger partial charge in [0.15, 0.2) is 0 Å². The van der Waals surface area contributed by atoms with Crippen molar-refractivity contribution >= 4 is 17.5 Å². The second kappa shape index (κ2) is 8.05. The predicted molar refractivity (Wildman–Crippen MR) is 108 cm³/mol. The van der Waals surface area contributed by atoms with Crippen LogP contribution in [0.5, 0.6) is 5.75 Å². The number of nitrogens with zero attached hydrogens (tertiary/aromatic N) is 1. The summed E-state index contributed by atoms with van der Waals surface area (Å²) in [7, 11) is 1.46. The van der Waals surface area contributed by atoms with Crippen LogP contribution in [-0.2, 0) is 4.79 Å². The summed E-state index contributed by atoms with van der Waals surface area (Å²) in [4.78, 5) is 27.5. The smallest absolute Gasteiger partial charge is 0.251 e. The van der Waals surface area contributed by atoms with Crippen LogP contribution in [0.1, 0.15) is 42.5 Å². The van der Waals surface area contributed by atoms with E-state index in [2.05, 4.69) is 5.32 Å². The average molecular weight is 414 g/mol. The Morgan fingerprint density at radius 2 is 2.00 bits per heavy atom. The molecule has 0 aromatic heterocycles. The largest absolute Gasteiger partial charge is 0.497 e. The van der Waals surface area contributed by atoms with Crippen molar-refractivity contribution in [3.05, 3.63) is 59.7 Å². The summed E-state index contributed by atoms with van der Waals surface area (Å²) in [6, 6.07) is 9.67. The Kier molecular flexibility index (Phi) is 5.45. The quantitative estimate of drug-likeness (QED) is 0.821. The third-order valence-corrected chi connectivity index (χ3v) is 6.18. The summed E-state index contributed by atoms with van der Waals surface area (Å²) in [6.45, 7) is 0.496. The standard InChI is InChI=1S/C23H24F2N2O3/c1-30-20-12-17(25)11-19(13-20)27-9-8-23(22(27)29)7-3-6-18(14-23)26-21(28)15-4-2-5-16(24)10-15/h2,4-5,10-13,18H,3,6-9,14H2,1H3,(H,26,28)/t18-,23-/m0/s1. The topological polar surface area (TPSA) is 58.6 Å². The van der Waals surface area contributed by atoms with Crippen molar-refractivity contribution < 1.29 is 23.1 Å². The van der Waals surface area contributed by atoms with Crippen molar-refractivity contribution in [2.45, 2.75) is 38.1 Å². The maximum absolute atomic E-state index is 13.9. The summed E-state index contributed by atoms with van der Waals surface area (Å²) < 4.78 is 32.5. The molecule has 1 aliphatic heterocycles. The number of ether oxygens (including phenoxy) is 1. The third-order valence-electron chi connectivity index (χ3n) is 6.18. The lowest BCUT2D eigenvalue weighted by Crippen LogP contribution is -2.46. The number of carbonyl (C=O) groups is 2. The Morgan fingerprint density at radius 3 is 2.77 bits per heavy atom. The maximum atomic E-state index is 13.9. The molecule has 2 aliphatic rings. The summed E-state index contributed by atoms with van der Waals surface area (Å²) >= 11 is 0. The van der Waals surface area contributed by atoms with Gasteiger partial charge in [0.2, 0.25) is 5.91 Å². The molecule has 2 fully saturated rings. The molecule has 1 saturated carbocycles. The predicted octanol–water partition coefficient (Wildman–Crippen LogP) is 4.07. The normalized spacial score (nSPS) is 23.6. The van der Waals surface area contributed by atoms with Gasteiger partial charge >= 0.3 is 0 Å². The molecule has 2 atom stereocenters. The minimum Gasteiger partial charge on any atom is -0.497 e. The number of hydrogen-bond donors (Lipinski definition) is 1. The van der Waals surface area contributed by atoms with Gasteiger partial charge in [-0.2, -0.15) is 0 Å². The molecular formula is C23H24F2N2O3. The zero-order chi connectivity index (χ0) is 21.3. The number of rotatable bonds is 4. The first-order valence-corrected chi connectivity index (χ1v) is 10.1. The molecule has 7 heteroatoms. The molecule has 1 aliphatic carbocycles. The van der Waals surface area contributed by atoms with E-state index in [1.807, 2.05) is 0 Å². The van der Waals surface area contributed by atoms with Crippen molar-refractivity contribution in [2.24, 2.45) is 5.41 Å². The van der Waals surface area contributed by atoms with E-state index in [0.29, 0.717) is 30.8 Å². The summed E-state index contributed by atoms with van der Waals surface area (Å²) in [5, 5.41) is 2.96. The highest BCUT2D eigenvalue weighted by molar-refractivity contribution is 6.00. The van der Waals surface area contributed by atoms with Crippen molar-refractivity contribution in [2.75, 3.05) is 18.6 Å². The highest BCUT2D eigenvalue weighted by Crippen LogP contribution is 2.46. The second-order valence-electron chi connectivity index (χ2n) is 8.11. The summed E-state index contributed by atoms with van der Waals surface area (Å²) in [6.07, 6.45) is 3.48. The van der Waals surface area contributed by atoms with E-state index in [0.717, 1.165) is 19.3 Å². The zero-order valence-electron chi connectivity index (χ0n) is 16.8. The van der Waals surface area contributed by atoms with E-state index in [4.69, 9.17) is 4.74 Å². The molecule has 1 heterocycles. The molecule has 0 bridgehead atoms. The fourth-order valence-electron chi connectivity index (χ4n) is 4.69. The van der Waals surface area contributed by atoms with Gasteiger partial charge in [-0.1, -0.05) is 12.5 Å². The fourth-order valence-corrected chi connectivity index (χ4v) is 4.69. The van der Waals surface area contributed by atoms with Gasteiger partial charge in [0, 0.05) is 30.3 Å². The zero-order valence-corrected chi connectivity index (χ0v) is 16.8. The van der Waals surface area contributed by atoms with Gasteiger partial charge in [-0.15, -0.1) is 0 Å². The van der Waals surface area contributed by atoms with Crippen LogP contribution in [0, 0.1) is 17.0 Å². The molecule has 0 radical (unpaired) electrons. The summed E-state index contributed by atoms with van der Waals surface area (Å²) in [5.41, 5.74) is 0.179. The van der Waals surface area contributed by atoms with Gasteiger partial charge in [0.25, 0.3) is 5.91 Å². The van der Waals surface area contributed by atoms with Crippen LogP contribution in [0.15, 0.2) is 42.5 Å². The van der Waals surface area contributed by atoms with Gasteiger partial charge in [-0.3, -0.25) is 9.59 Å². The number of benzene rings is 2. The van der Waals surface area contributed by atoms with Crippen LogP contribution in [0.4, 0.5) is 14.5 Å². The molecule has 2 aromatic carbocycles. The van der Waals surface area contributed by atoms with Crippen LogP contribution in [0.2, 0.25) is 0 Å². The van der Waals surface area contributed by atoms with Gasteiger partial charge in [-0.25, -0.2) is 8.78 Å². The number of halogens is 2. The number of methoxy groups -OCH3 is 1. The first-order chi connectivity index (χ1) is 14.4. The molecule has 1 spiro atoms. The van der Waals surface area contributed by atoms with E-state index < -0.39 is 17.0 Å². The van der Waals surface area contributed by atoms with Gasteiger partial charge in [-0.05, 0) is 49.9 Å². The van der Waals surface area contributed by atoms with Crippen molar-refractivity contribution in [1.82, 2.24) is 5.32 Å². The number of amides is 2. The van der Waals surface area contributed by atoms with E-state index in [-0.39, 0.29) is 23.4 Å². The monoisotopic (exact) mass is 414 g/mol. The lowest BCUT2D eigenvalue weighted by molar-refractivity contribution is -0.127. The molecule has 1 N–H and O–H groups in total. The third kappa shape index (κ3) is 3.88. The van der Waals surface area contributed by atoms with E-state index in [1.165, 1.54) is 37.4 Å². The Balaban J connectivity index is 1.49. The first kappa shape index (κ1) is 20.3. The SMILES string of the molecule is COc1cc(F)cc(N2CC[C@]3(CCC[C@H](NC(=O)c4cccc(F)c4)C3)C2=O)c1. The van der Waals surface area contributed by atoms with Crippen LogP contribution in [0.25, 0.3) is 0 Å². The molecule has 0 unspecified atom stereocenters. The highest BCUT2D eigenvalue weighted by Gasteiger charge is 2.49. The Bertz CT molecular complexity index is 981. The van der Waals surface area contributed by atoms with E-state index >= 15 is 0 Å². The number of hydrogen-bond acceptors (Lipinski definition) is 3. The molecular weight excluding hydrogens is 390 g/mol. The Labute approximate surface area is 174 Å². The second-order valence-corrected chi connectivity index (χ2v) is 8.11. The number of anilines is 1. The fraction of sp³-hybridized carbons (Fsp3) is 0.391. The molecule has 4 rings (SSSR count). The Morgan fingerprint density at radius 1 is 1.17 bits per heavy atom. The summed E-state index contributed by atoms with van der Waals surface area (Å²) in [5.74, 6) is -0.937. The van der Waals surface area contributed by atoms with Gasteiger partial charge in [0.1, 0.15) is 17.4 Å². The van der Waals surface area contributed by atoms with Crippen molar-refractivity contribution in [3.63, 3.8) is 0 Å². The lowest BCUT2D eigenvalue weighted by atomic mass is 9.71. The lowest BCUT2D eigenvalue weighted by Gasteiger charge is -2.37. The molecule has 1 saturated heterocycles. The van der Waals surface area contributed by atoms with E-state index in [9.17, 15) is 18.4 Å². The Hall–Kier alpha value is -2.96. The molecule has 158 valence electrons. The van der Waals surface area contributed by atoms with Crippen LogP contribution < -0.4 is 15.0 Å². The molecule has 30 heavy (non-hydrogen) atoms. The molecule has 2 aromatic rings. The minimum atomic E-state index is -0.572. The molecule has 2 amide bonds. The maximum Gasteiger partial charge on any atom is 0.251 e. The first-order valence-electron chi connectivity index (χ1n) is 10.1. The van der Waals surface area contributed by atoms with Crippen LogP contribution in [0.3, 0.4) is 0 Å². The van der Waals surface area contributed by atoms with E-state index in [1.54, 1.807) is 17.0 Å². The number of nitrogens with one attached hydrogen (secondary N) is 1. The van der Waals surface area contributed by atoms with Crippen molar-refractivity contribution in [3.8, 4) is 5.75 Å². The van der Waals surface area contributed by atoms with Gasteiger partial charge < -0.3 is 15.0 Å². The average Bonchev–Trinajstić information content (AvgIpc) is 3.03. The molecule has 5 nitrogen and oxygen atoms in total.